The zero-order chi connectivity index (χ0) is 10.0. The third kappa shape index (κ3) is 3.15. The summed E-state index contributed by atoms with van der Waals surface area (Å²) in [5.74, 6) is -0.708. The summed E-state index contributed by atoms with van der Waals surface area (Å²) in [4.78, 5) is 0. The lowest BCUT2D eigenvalue weighted by Gasteiger charge is -2.06. The van der Waals surface area contributed by atoms with Crippen LogP contribution in [0.2, 0.25) is 0 Å². The molecule has 6 heteroatoms. The summed E-state index contributed by atoms with van der Waals surface area (Å²) in [7, 11) is 0. The molecule has 1 rings (SSSR count). The Kier molecular flexibility index (Phi) is 4.07. The summed E-state index contributed by atoms with van der Waals surface area (Å²) >= 11 is 3.64. The third-order valence-electron chi connectivity index (χ3n) is 1.18. The SMILES string of the molecule is Fc1cc(OC(F)F)cc(I)c1I. The molecule has 0 N–H and O–H groups in total. The summed E-state index contributed by atoms with van der Waals surface area (Å²) in [6.07, 6.45) is 0. The van der Waals surface area contributed by atoms with Crippen LogP contribution in [0.5, 0.6) is 5.75 Å². The van der Waals surface area contributed by atoms with Crippen molar-refractivity contribution in [2.24, 2.45) is 0 Å². The fourth-order valence-corrected chi connectivity index (χ4v) is 1.58. The minimum absolute atomic E-state index is 0.155. The van der Waals surface area contributed by atoms with E-state index in [4.69, 9.17) is 0 Å². The molecular formula is C7H3F3I2O. The Balaban J connectivity index is 2.99. The summed E-state index contributed by atoms with van der Waals surface area (Å²) in [6.45, 7) is -2.92. The van der Waals surface area contributed by atoms with Gasteiger partial charge < -0.3 is 4.74 Å². The molecule has 0 aliphatic rings. The minimum Gasteiger partial charge on any atom is -0.435 e. The highest BCUT2D eigenvalue weighted by atomic mass is 127. The van der Waals surface area contributed by atoms with E-state index in [1.54, 1.807) is 22.6 Å². The van der Waals surface area contributed by atoms with Crippen molar-refractivity contribution in [3.8, 4) is 5.75 Å². The van der Waals surface area contributed by atoms with Crippen molar-refractivity contribution >= 4 is 45.2 Å². The first-order chi connectivity index (χ1) is 6.00. The van der Waals surface area contributed by atoms with E-state index in [1.807, 2.05) is 22.6 Å². The highest BCUT2D eigenvalue weighted by molar-refractivity contribution is 14.1. The third-order valence-corrected chi connectivity index (χ3v) is 4.16. The van der Waals surface area contributed by atoms with Gasteiger partial charge in [-0.1, -0.05) is 0 Å². The molecule has 0 atom stereocenters. The van der Waals surface area contributed by atoms with E-state index in [-0.39, 0.29) is 5.75 Å². The predicted molar refractivity (Wildman–Crippen MR) is 58.5 cm³/mol. The lowest BCUT2D eigenvalue weighted by atomic mass is 10.3. The Morgan fingerprint density at radius 3 is 2.31 bits per heavy atom. The van der Waals surface area contributed by atoms with Crippen LogP contribution in [0.1, 0.15) is 0 Å². The molecule has 0 heterocycles. The van der Waals surface area contributed by atoms with Crippen molar-refractivity contribution in [2.75, 3.05) is 0 Å². The van der Waals surface area contributed by atoms with Gasteiger partial charge in [-0.05, 0) is 51.2 Å². The zero-order valence-electron chi connectivity index (χ0n) is 6.03. The Morgan fingerprint density at radius 2 is 1.85 bits per heavy atom. The van der Waals surface area contributed by atoms with Gasteiger partial charge in [0.05, 0.1) is 3.57 Å². The Bertz CT molecular complexity index is 294. The van der Waals surface area contributed by atoms with Gasteiger partial charge in [-0.15, -0.1) is 0 Å². The molecule has 0 saturated heterocycles. The van der Waals surface area contributed by atoms with E-state index in [0.717, 1.165) is 6.07 Å². The van der Waals surface area contributed by atoms with Crippen LogP contribution >= 0.6 is 45.2 Å². The molecule has 0 unspecified atom stereocenters. The number of hydrogen-bond acceptors (Lipinski definition) is 1. The van der Waals surface area contributed by atoms with Gasteiger partial charge in [-0.2, -0.15) is 8.78 Å². The number of hydrogen-bond donors (Lipinski definition) is 0. The van der Waals surface area contributed by atoms with Gasteiger partial charge in [0.25, 0.3) is 0 Å². The topological polar surface area (TPSA) is 9.23 Å². The summed E-state index contributed by atoms with van der Waals surface area (Å²) < 4.78 is 41.4. The van der Waals surface area contributed by atoms with Crippen LogP contribution in [0, 0.1) is 13.0 Å². The van der Waals surface area contributed by atoms with Crippen LogP contribution in [0.15, 0.2) is 12.1 Å². The molecule has 0 amide bonds. The van der Waals surface area contributed by atoms with Gasteiger partial charge in [0.1, 0.15) is 11.6 Å². The van der Waals surface area contributed by atoms with Crippen molar-refractivity contribution in [2.45, 2.75) is 6.61 Å². The quantitative estimate of drug-likeness (QED) is 0.531. The average Bonchev–Trinajstić information content (AvgIpc) is 1.98. The van der Waals surface area contributed by atoms with Crippen LogP contribution in [-0.4, -0.2) is 6.61 Å². The molecule has 1 aromatic carbocycles. The number of benzene rings is 1. The van der Waals surface area contributed by atoms with Crippen LogP contribution < -0.4 is 4.74 Å². The molecule has 72 valence electrons. The fourth-order valence-electron chi connectivity index (χ4n) is 0.703. The van der Waals surface area contributed by atoms with Gasteiger partial charge in [0.2, 0.25) is 0 Å². The Labute approximate surface area is 99.9 Å². The van der Waals surface area contributed by atoms with Crippen LogP contribution in [0.25, 0.3) is 0 Å². The molecule has 0 aliphatic carbocycles. The van der Waals surface area contributed by atoms with Gasteiger partial charge in [-0.25, -0.2) is 4.39 Å². The number of rotatable bonds is 2. The highest BCUT2D eigenvalue weighted by Gasteiger charge is 2.10. The van der Waals surface area contributed by atoms with Crippen LogP contribution in [0.4, 0.5) is 13.2 Å². The van der Waals surface area contributed by atoms with Crippen molar-refractivity contribution < 1.29 is 17.9 Å². The van der Waals surface area contributed by atoms with Gasteiger partial charge in [-0.3, -0.25) is 0 Å². The molecule has 0 saturated carbocycles. The van der Waals surface area contributed by atoms with Crippen molar-refractivity contribution in [3.63, 3.8) is 0 Å². The Hall–Kier alpha value is 0.270. The second-order valence-corrected chi connectivity index (χ2v) is 4.32. The maximum atomic E-state index is 13.0. The lowest BCUT2D eigenvalue weighted by molar-refractivity contribution is -0.0500. The van der Waals surface area contributed by atoms with E-state index in [9.17, 15) is 13.2 Å². The molecule has 0 spiro atoms. The Morgan fingerprint density at radius 1 is 1.23 bits per heavy atom. The molecule has 13 heavy (non-hydrogen) atoms. The number of alkyl halides is 2. The maximum absolute atomic E-state index is 13.0. The first kappa shape index (κ1) is 11.3. The van der Waals surface area contributed by atoms with Gasteiger partial charge in [0, 0.05) is 9.64 Å². The normalized spacial score (nSPS) is 10.6. The monoisotopic (exact) mass is 414 g/mol. The van der Waals surface area contributed by atoms with Crippen LogP contribution in [-0.2, 0) is 0 Å². The standard InChI is InChI=1S/C7H3F3I2O/c8-4-1-3(13-7(9)10)2-5(11)6(4)12/h1-2,7H. The smallest absolute Gasteiger partial charge is 0.387 e. The largest absolute Gasteiger partial charge is 0.435 e. The summed E-state index contributed by atoms with van der Waals surface area (Å²) in [5, 5.41) is 0. The van der Waals surface area contributed by atoms with Gasteiger partial charge in [0.15, 0.2) is 0 Å². The predicted octanol–water partition coefficient (Wildman–Crippen LogP) is 3.64. The van der Waals surface area contributed by atoms with Gasteiger partial charge >= 0.3 is 6.61 Å². The fraction of sp³-hybridized carbons (Fsp3) is 0.143. The highest BCUT2D eigenvalue weighted by Crippen LogP contribution is 2.25. The second kappa shape index (κ2) is 4.67. The van der Waals surface area contributed by atoms with Crippen molar-refractivity contribution in [1.29, 1.82) is 0 Å². The van der Waals surface area contributed by atoms with E-state index >= 15 is 0 Å². The summed E-state index contributed by atoms with van der Waals surface area (Å²) in [6, 6.07) is 2.30. The molecule has 0 radical (unpaired) electrons. The zero-order valence-corrected chi connectivity index (χ0v) is 10.3. The van der Waals surface area contributed by atoms with E-state index in [1.165, 1.54) is 6.07 Å². The van der Waals surface area contributed by atoms with Crippen LogP contribution in [0.3, 0.4) is 0 Å². The summed E-state index contributed by atoms with van der Waals surface area (Å²) in [5.41, 5.74) is 0. The molecular weight excluding hydrogens is 411 g/mol. The molecule has 0 bridgehead atoms. The molecule has 1 nitrogen and oxygen atoms in total. The van der Waals surface area contributed by atoms with E-state index in [2.05, 4.69) is 4.74 Å². The van der Waals surface area contributed by atoms with Crippen molar-refractivity contribution in [3.05, 3.63) is 25.1 Å². The lowest BCUT2D eigenvalue weighted by Crippen LogP contribution is -2.03. The number of ether oxygens (including phenoxy) is 1. The van der Waals surface area contributed by atoms with Crippen molar-refractivity contribution in [1.82, 2.24) is 0 Å². The number of halogens is 5. The first-order valence-corrected chi connectivity index (χ1v) is 5.26. The first-order valence-electron chi connectivity index (χ1n) is 3.10. The second-order valence-electron chi connectivity index (χ2n) is 2.08. The molecule has 0 aliphatic heterocycles. The van der Waals surface area contributed by atoms with E-state index in [0.29, 0.717) is 7.14 Å². The molecule has 0 fully saturated rings. The molecule has 1 aromatic rings. The minimum atomic E-state index is -2.92. The molecule has 0 aromatic heterocycles. The maximum Gasteiger partial charge on any atom is 0.387 e. The average molecular weight is 414 g/mol. The van der Waals surface area contributed by atoms with E-state index < -0.39 is 12.4 Å².